The monoisotopic (exact) mass is 303 g/mol. The normalized spacial score (nSPS) is 20.7. The van der Waals surface area contributed by atoms with Crippen LogP contribution in [0.4, 0.5) is 10.1 Å². The second kappa shape index (κ2) is 5.41. The highest BCUT2D eigenvalue weighted by molar-refractivity contribution is 6.30. The van der Waals surface area contributed by atoms with Gasteiger partial charge in [0.25, 0.3) is 0 Å². The number of ether oxygens (including phenoxy) is 1. The number of nitrogens with two attached hydrogens (primary N) is 1. The zero-order valence-corrected chi connectivity index (χ0v) is 12.1. The summed E-state index contributed by atoms with van der Waals surface area (Å²) in [4.78, 5) is 0. The zero-order valence-electron chi connectivity index (χ0n) is 11.4. The second-order valence-corrected chi connectivity index (χ2v) is 5.54. The maximum Gasteiger partial charge on any atom is 0.153 e. The molecule has 0 heterocycles. The van der Waals surface area contributed by atoms with E-state index in [1.165, 1.54) is 6.07 Å². The predicted molar refractivity (Wildman–Crippen MR) is 82.9 cm³/mol. The van der Waals surface area contributed by atoms with E-state index in [9.17, 15) is 4.39 Å². The van der Waals surface area contributed by atoms with E-state index < -0.39 is 11.4 Å². The maximum absolute atomic E-state index is 13.8. The lowest BCUT2D eigenvalue weighted by molar-refractivity contribution is 0.119. The summed E-state index contributed by atoms with van der Waals surface area (Å²) in [6.07, 6.45) is 5.67. The van der Waals surface area contributed by atoms with Gasteiger partial charge >= 0.3 is 0 Å². The Morgan fingerprint density at radius 1 is 1.14 bits per heavy atom. The van der Waals surface area contributed by atoms with Crippen LogP contribution in [0.1, 0.15) is 18.4 Å². The first kappa shape index (κ1) is 14.0. The number of anilines is 1. The first-order valence-electron chi connectivity index (χ1n) is 6.77. The van der Waals surface area contributed by atoms with Crippen LogP contribution in [0.25, 0.3) is 0 Å². The lowest BCUT2D eigenvalue weighted by atomic mass is 9.92. The number of rotatable bonds is 3. The predicted octanol–water partition coefficient (Wildman–Crippen LogP) is 4.69. The molecule has 108 valence electrons. The van der Waals surface area contributed by atoms with Crippen LogP contribution in [0.3, 0.4) is 0 Å². The standard InChI is InChI=1S/C17H15ClFNO/c18-15-8-3-12(11-16(15)19)17(9-1-2-10-17)21-14-6-4-13(20)5-7-14/h1,3-9,11H,2,10,20H2. The molecule has 0 fully saturated rings. The Balaban J connectivity index is 1.97. The van der Waals surface area contributed by atoms with Crippen LogP contribution < -0.4 is 10.5 Å². The molecule has 0 spiro atoms. The Morgan fingerprint density at radius 2 is 1.90 bits per heavy atom. The van der Waals surface area contributed by atoms with E-state index >= 15 is 0 Å². The average molecular weight is 304 g/mol. The summed E-state index contributed by atoms with van der Waals surface area (Å²) in [5, 5.41) is 0.114. The van der Waals surface area contributed by atoms with E-state index in [-0.39, 0.29) is 5.02 Å². The van der Waals surface area contributed by atoms with Crippen molar-refractivity contribution in [1.29, 1.82) is 0 Å². The highest BCUT2D eigenvalue weighted by Crippen LogP contribution is 2.39. The quantitative estimate of drug-likeness (QED) is 0.659. The van der Waals surface area contributed by atoms with E-state index in [0.29, 0.717) is 11.4 Å². The van der Waals surface area contributed by atoms with Crippen molar-refractivity contribution in [3.05, 3.63) is 71.0 Å². The molecule has 2 aromatic carbocycles. The van der Waals surface area contributed by atoms with Gasteiger partial charge in [0.05, 0.1) is 5.02 Å². The number of benzene rings is 2. The third kappa shape index (κ3) is 2.74. The van der Waals surface area contributed by atoms with Crippen molar-refractivity contribution in [3.63, 3.8) is 0 Å². The number of nitrogen functional groups attached to an aromatic ring is 1. The number of allylic oxidation sites excluding steroid dienone is 1. The van der Waals surface area contributed by atoms with Crippen LogP contribution in [0.15, 0.2) is 54.6 Å². The van der Waals surface area contributed by atoms with Crippen molar-refractivity contribution in [3.8, 4) is 5.75 Å². The van der Waals surface area contributed by atoms with Crippen LogP contribution in [-0.2, 0) is 5.60 Å². The minimum absolute atomic E-state index is 0.114. The summed E-state index contributed by atoms with van der Waals surface area (Å²) in [6.45, 7) is 0. The smallest absolute Gasteiger partial charge is 0.153 e. The van der Waals surface area contributed by atoms with Crippen LogP contribution >= 0.6 is 11.6 Å². The molecule has 0 saturated carbocycles. The Kier molecular flexibility index (Phi) is 3.60. The highest BCUT2D eigenvalue weighted by Gasteiger charge is 2.34. The average Bonchev–Trinajstić information content (AvgIpc) is 2.94. The van der Waals surface area contributed by atoms with Gasteiger partial charge in [0, 0.05) is 11.3 Å². The minimum atomic E-state index is -0.651. The van der Waals surface area contributed by atoms with E-state index in [1.54, 1.807) is 24.3 Å². The molecular weight excluding hydrogens is 289 g/mol. The maximum atomic E-state index is 13.8. The van der Waals surface area contributed by atoms with Crippen molar-refractivity contribution >= 4 is 17.3 Å². The molecular formula is C17H15ClFNO. The Hall–Kier alpha value is -2.00. The van der Waals surface area contributed by atoms with Crippen LogP contribution in [0, 0.1) is 5.82 Å². The Labute approximate surface area is 128 Å². The van der Waals surface area contributed by atoms with Gasteiger partial charge < -0.3 is 10.5 Å². The van der Waals surface area contributed by atoms with Crippen LogP contribution in [0.2, 0.25) is 5.02 Å². The van der Waals surface area contributed by atoms with Gasteiger partial charge in [-0.05, 0) is 55.3 Å². The SMILES string of the molecule is Nc1ccc(OC2(c3ccc(Cl)c(F)c3)C=CCC2)cc1. The van der Waals surface area contributed by atoms with Crippen LogP contribution in [-0.4, -0.2) is 0 Å². The molecule has 3 rings (SSSR count). The van der Waals surface area contributed by atoms with Gasteiger partial charge in [0.1, 0.15) is 11.6 Å². The first-order valence-corrected chi connectivity index (χ1v) is 7.15. The van der Waals surface area contributed by atoms with E-state index in [0.717, 1.165) is 18.4 Å². The molecule has 0 aromatic heterocycles. The van der Waals surface area contributed by atoms with Gasteiger partial charge in [0.2, 0.25) is 0 Å². The van der Waals surface area contributed by atoms with Gasteiger partial charge in [-0.15, -0.1) is 0 Å². The fourth-order valence-corrected chi connectivity index (χ4v) is 2.66. The summed E-state index contributed by atoms with van der Waals surface area (Å²) in [5.41, 5.74) is 6.47. The summed E-state index contributed by atoms with van der Waals surface area (Å²) >= 11 is 5.76. The van der Waals surface area contributed by atoms with Gasteiger partial charge in [-0.25, -0.2) is 4.39 Å². The summed E-state index contributed by atoms with van der Waals surface area (Å²) in [6, 6.07) is 12.0. The molecule has 0 bridgehead atoms. The summed E-state index contributed by atoms with van der Waals surface area (Å²) < 4.78 is 19.9. The first-order chi connectivity index (χ1) is 10.1. The Bertz CT molecular complexity index is 684. The molecule has 21 heavy (non-hydrogen) atoms. The van der Waals surface area contributed by atoms with Crippen molar-refractivity contribution in [2.45, 2.75) is 18.4 Å². The molecule has 1 unspecified atom stereocenters. The fraction of sp³-hybridized carbons (Fsp3) is 0.176. The lowest BCUT2D eigenvalue weighted by Crippen LogP contribution is -2.28. The fourth-order valence-electron chi connectivity index (χ4n) is 2.54. The third-order valence-corrected chi connectivity index (χ3v) is 3.96. The zero-order chi connectivity index (χ0) is 14.9. The van der Waals surface area contributed by atoms with Gasteiger partial charge in [-0.1, -0.05) is 23.7 Å². The number of hydrogen-bond acceptors (Lipinski definition) is 2. The summed E-state index contributed by atoms with van der Waals surface area (Å²) in [5.74, 6) is 0.265. The van der Waals surface area contributed by atoms with Gasteiger partial charge in [-0.3, -0.25) is 0 Å². The second-order valence-electron chi connectivity index (χ2n) is 5.13. The Morgan fingerprint density at radius 3 is 2.52 bits per heavy atom. The van der Waals surface area contributed by atoms with Crippen molar-refractivity contribution in [2.75, 3.05) is 5.73 Å². The molecule has 0 radical (unpaired) electrons. The molecule has 0 amide bonds. The van der Waals surface area contributed by atoms with E-state index in [2.05, 4.69) is 0 Å². The van der Waals surface area contributed by atoms with Crippen molar-refractivity contribution in [1.82, 2.24) is 0 Å². The third-order valence-electron chi connectivity index (χ3n) is 3.66. The molecule has 1 atom stereocenters. The molecule has 0 aliphatic heterocycles. The minimum Gasteiger partial charge on any atom is -0.478 e. The topological polar surface area (TPSA) is 35.2 Å². The summed E-state index contributed by atoms with van der Waals surface area (Å²) in [7, 11) is 0. The highest BCUT2D eigenvalue weighted by atomic mass is 35.5. The molecule has 2 aromatic rings. The van der Waals surface area contributed by atoms with Crippen molar-refractivity contribution < 1.29 is 9.13 Å². The molecule has 0 saturated heterocycles. The largest absolute Gasteiger partial charge is 0.478 e. The molecule has 2 nitrogen and oxygen atoms in total. The molecule has 1 aliphatic rings. The van der Waals surface area contributed by atoms with Crippen molar-refractivity contribution in [2.24, 2.45) is 0 Å². The molecule has 2 N–H and O–H groups in total. The van der Waals surface area contributed by atoms with Gasteiger partial charge in [0.15, 0.2) is 5.60 Å². The van der Waals surface area contributed by atoms with Gasteiger partial charge in [-0.2, -0.15) is 0 Å². The lowest BCUT2D eigenvalue weighted by Gasteiger charge is -2.29. The van der Waals surface area contributed by atoms with E-state index in [1.807, 2.05) is 24.3 Å². The van der Waals surface area contributed by atoms with Crippen LogP contribution in [0.5, 0.6) is 5.75 Å². The molecule has 4 heteroatoms. The number of hydrogen-bond donors (Lipinski definition) is 1. The number of halogens is 2. The van der Waals surface area contributed by atoms with E-state index in [4.69, 9.17) is 22.1 Å². The molecule has 1 aliphatic carbocycles.